The van der Waals surface area contributed by atoms with Crippen molar-refractivity contribution in [2.24, 2.45) is 0 Å². The maximum atomic E-state index is 2.60. The van der Waals surface area contributed by atoms with Crippen LogP contribution in [0, 0.1) is 0 Å². The lowest BCUT2D eigenvalue weighted by molar-refractivity contribution is -0.900. The quantitative estimate of drug-likeness (QED) is 0.569. The van der Waals surface area contributed by atoms with E-state index in [-0.39, 0.29) is 0 Å². The van der Waals surface area contributed by atoms with Crippen molar-refractivity contribution in [3.05, 3.63) is 0 Å². The molecule has 1 unspecified atom stereocenters. The van der Waals surface area contributed by atoms with E-state index < -0.39 is 0 Å². The summed E-state index contributed by atoms with van der Waals surface area (Å²) in [5.41, 5.74) is 0. The lowest BCUT2D eigenvalue weighted by Crippen LogP contribution is -2.43. The molecule has 1 aliphatic heterocycles. The van der Waals surface area contributed by atoms with Gasteiger partial charge < -0.3 is 4.48 Å². The van der Waals surface area contributed by atoms with Gasteiger partial charge in [0.15, 0.2) is 0 Å². The molecule has 12 heavy (non-hydrogen) atoms. The van der Waals surface area contributed by atoms with Crippen LogP contribution in [0.5, 0.6) is 0 Å². The topological polar surface area (TPSA) is 3.24 Å². The van der Waals surface area contributed by atoms with Crippen LogP contribution in [-0.2, 0) is 0 Å². The van der Waals surface area contributed by atoms with Gasteiger partial charge in [0.05, 0.1) is 26.2 Å². The molecule has 2 heteroatoms. The fourth-order valence-electron chi connectivity index (χ4n) is 2.24. The van der Waals surface area contributed by atoms with Crippen molar-refractivity contribution in [1.29, 1.82) is 0 Å². The SMILES string of the molecule is CC[N@+]1(C)CC(C)N(C(C)C)C1. The Kier molecular flexibility index (Phi) is 2.79. The Balaban J connectivity index is 2.61. The Bertz CT molecular complexity index is 156. The van der Waals surface area contributed by atoms with E-state index in [4.69, 9.17) is 0 Å². The monoisotopic (exact) mass is 171 g/mol. The zero-order valence-electron chi connectivity index (χ0n) is 9.17. The fraction of sp³-hybridized carbons (Fsp3) is 1.00. The molecule has 1 heterocycles. The molecule has 0 aromatic rings. The molecule has 0 N–H and O–H groups in total. The predicted molar refractivity (Wildman–Crippen MR) is 52.9 cm³/mol. The molecule has 0 bridgehead atoms. The smallest absolute Gasteiger partial charge is 0.135 e. The second kappa shape index (κ2) is 3.35. The number of hydrogen-bond acceptors (Lipinski definition) is 1. The third kappa shape index (κ3) is 1.80. The van der Waals surface area contributed by atoms with Crippen molar-refractivity contribution in [3.63, 3.8) is 0 Å². The lowest BCUT2D eigenvalue weighted by Gasteiger charge is -2.28. The first-order chi connectivity index (χ1) is 5.48. The first-order valence-electron chi connectivity index (χ1n) is 5.08. The van der Waals surface area contributed by atoms with Crippen LogP contribution in [-0.4, -0.2) is 48.3 Å². The van der Waals surface area contributed by atoms with Gasteiger partial charge in [0.2, 0.25) is 0 Å². The Labute approximate surface area is 76.7 Å². The molecule has 1 aliphatic rings. The maximum Gasteiger partial charge on any atom is 0.135 e. The van der Waals surface area contributed by atoms with Gasteiger partial charge in [-0.2, -0.15) is 0 Å². The van der Waals surface area contributed by atoms with E-state index in [9.17, 15) is 0 Å². The zero-order chi connectivity index (χ0) is 9.35. The number of nitrogens with zero attached hydrogens (tertiary/aromatic N) is 2. The molecule has 1 saturated heterocycles. The van der Waals surface area contributed by atoms with E-state index in [0.29, 0.717) is 6.04 Å². The summed E-state index contributed by atoms with van der Waals surface area (Å²) in [5.74, 6) is 0. The average Bonchev–Trinajstić information content (AvgIpc) is 2.28. The molecule has 0 saturated carbocycles. The van der Waals surface area contributed by atoms with Gasteiger partial charge in [0.1, 0.15) is 6.67 Å². The zero-order valence-corrected chi connectivity index (χ0v) is 9.17. The highest BCUT2D eigenvalue weighted by molar-refractivity contribution is 4.73. The lowest BCUT2D eigenvalue weighted by atomic mass is 10.2. The van der Waals surface area contributed by atoms with Crippen LogP contribution in [0.25, 0.3) is 0 Å². The van der Waals surface area contributed by atoms with Gasteiger partial charge in [-0.3, -0.25) is 0 Å². The van der Waals surface area contributed by atoms with Gasteiger partial charge >= 0.3 is 0 Å². The van der Waals surface area contributed by atoms with E-state index in [0.717, 1.165) is 6.04 Å². The third-order valence-electron chi connectivity index (χ3n) is 3.20. The normalized spacial score (nSPS) is 38.0. The Hall–Kier alpha value is -0.0800. The molecule has 0 aromatic heterocycles. The average molecular weight is 171 g/mol. The van der Waals surface area contributed by atoms with Gasteiger partial charge in [-0.25, -0.2) is 4.90 Å². The van der Waals surface area contributed by atoms with Crippen molar-refractivity contribution in [1.82, 2.24) is 4.90 Å². The highest BCUT2D eigenvalue weighted by Gasteiger charge is 2.37. The van der Waals surface area contributed by atoms with Crippen LogP contribution in [0.1, 0.15) is 27.7 Å². The summed E-state index contributed by atoms with van der Waals surface area (Å²) < 4.78 is 1.22. The minimum absolute atomic E-state index is 0.700. The standard InChI is InChI=1S/C10H23N2/c1-6-12(5)7-10(4)11(8-12)9(2)3/h9-10H,6-8H2,1-5H3/q+1/t10?,12-/m1/s1. The number of hydrogen-bond donors (Lipinski definition) is 0. The molecule has 2 nitrogen and oxygen atoms in total. The highest BCUT2D eigenvalue weighted by Crippen LogP contribution is 2.21. The minimum atomic E-state index is 0.700. The van der Waals surface area contributed by atoms with Crippen molar-refractivity contribution < 1.29 is 4.48 Å². The summed E-state index contributed by atoms with van der Waals surface area (Å²) in [5, 5.41) is 0. The van der Waals surface area contributed by atoms with E-state index in [1.54, 1.807) is 0 Å². The van der Waals surface area contributed by atoms with Crippen molar-refractivity contribution in [2.75, 3.05) is 26.8 Å². The predicted octanol–water partition coefficient (Wildman–Crippen LogP) is 1.52. The summed E-state index contributed by atoms with van der Waals surface area (Å²) in [7, 11) is 2.36. The second-order valence-electron chi connectivity index (χ2n) is 4.72. The van der Waals surface area contributed by atoms with E-state index in [1.165, 1.54) is 24.2 Å². The molecule has 0 aliphatic carbocycles. The maximum absolute atomic E-state index is 2.60. The molecule has 0 aromatic carbocycles. The number of likely N-dealkylation sites (N-methyl/N-ethyl adjacent to an activating group) is 1. The van der Waals surface area contributed by atoms with Crippen molar-refractivity contribution in [2.45, 2.75) is 39.8 Å². The summed E-state index contributed by atoms with van der Waals surface area (Å²) >= 11 is 0. The molecule has 1 fully saturated rings. The number of quaternary nitrogens is 1. The highest BCUT2D eigenvalue weighted by atomic mass is 15.5. The van der Waals surface area contributed by atoms with Crippen LogP contribution in [0.3, 0.4) is 0 Å². The van der Waals surface area contributed by atoms with E-state index in [1.807, 2.05) is 0 Å². The van der Waals surface area contributed by atoms with Crippen LogP contribution in [0.2, 0.25) is 0 Å². The van der Waals surface area contributed by atoms with Crippen molar-refractivity contribution >= 4 is 0 Å². The Morgan fingerprint density at radius 2 is 2.08 bits per heavy atom. The summed E-state index contributed by atoms with van der Waals surface area (Å²) in [6.45, 7) is 13.0. The van der Waals surface area contributed by atoms with Crippen molar-refractivity contribution in [3.8, 4) is 0 Å². The van der Waals surface area contributed by atoms with E-state index >= 15 is 0 Å². The second-order valence-corrected chi connectivity index (χ2v) is 4.72. The first-order valence-corrected chi connectivity index (χ1v) is 5.08. The molecular weight excluding hydrogens is 148 g/mol. The van der Waals surface area contributed by atoms with Gasteiger partial charge in [-0.1, -0.05) is 0 Å². The van der Waals surface area contributed by atoms with Crippen LogP contribution in [0.4, 0.5) is 0 Å². The van der Waals surface area contributed by atoms with Gasteiger partial charge in [0, 0.05) is 6.04 Å². The third-order valence-corrected chi connectivity index (χ3v) is 3.20. The molecule has 1 rings (SSSR count). The van der Waals surface area contributed by atoms with E-state index in [2.05, 4.69) is 39.6 Å². The first kappa shape index (κ1) is 10.0. The molecule has 72 valence electrons. The Morgan fingerprint density at radius 1 is 1.50 bits per heavy atom. The van der Waals surface area contributed by atoms with Gasteiger partial charge in [0.25, 0.3) is 0 Å². The fourth-order valence-corrected chi connectivity index (χ4v) is 2.24. The largest absolute Gasteiger partial charge is 0.312 e. The number of rotatable bonds is 2. The van der Waals surface area contributed by atoms with Gasteiger partial charge in [-0.15, -0.1) is 0 Å². The Morgan fingerprint density at radius 3 is 2.33 bits per heavy atom. The van der Waals surface area contributed by atoms with Gasteiger partial charge in [-0.05, 0) is 27.7 Å². The molecule has 0 amide bonds. The molecule has 2 atom stereocenters. The molecular formula is C10H23N2+. The van der Waals surface area contributed by atoms with Crippen LogP contribution >= 0.6 is 0 Å². The summed E-state index contributed by atoms with van der Waals surface area (Å²) in [6, 6.07) is 1.46. The summed E-state index contributed by atoms with van der Waals surface area (Å²) in [6.07, 6.45) is 0. The summed E-state index contributed by atoms with van der Waals surface area (Å²) in [4.78, 5) is 2.60. The molecule has 0 radical (unpaired) electrons. The van der Waals surface area contributed by atoms with Crippen LogP contribution in [0.15, 0.2) is 0 Å². The van der Waals surface area contributed by atoms with Crippen LogP contribution < -0.4 is 0 Å². The molecule has 0 spiro atoms. The minimum Gasteiger partial charge on any atom is -0.312 e.